The highest BCUT2D eigenvalue weighted by Gasteiger charge is 2.33. The molecule has 0 aliphatic carbocycles. The lowest BCUT2D eigenvalue weighted by Gasteiger charge is -2.27. The molecule has 2 rings (SSSR count). The molecule has 0 spiro atoms. The Bertz CT molecular complexity index is 661. The first kappa shape index (κ1) is 17.1. The fourth-order valence-electron chi connectivity index (χ4n) is 2.73. The number of sulfone groups is 1. The van der Waals surface area contributed by atoms with Crippen LogP contribution in [0.2, 0.25) is 5.02 Å². The van der Waals surface area contributed by atoms with Gasteiger partial charge in [0.25, 0.3) is 0 Å². The minimum Gasteiger partial charge on any atom is -0.376 e. The molecule has 1 unspecified atom stereocenters. The number of carbonyl (C=O) groups excluding carboxylic acids is 1. The Kier molecular flexibility index (Phi) is 5.34. The van der Waals surface area contributed by atoms with Gasteiger partial charge in [0.05, 0.1) is 18.1 Å². The lowest BCUT2D eigenvalue weighted by molar-refractivity contribution is -0.130. The predicted molar refractivity (Wildman–Crippen MR) is 89.1 cm³/mol. The van der Waals surface area contributed by atoms with Gasteiger partial charge in [0.15, 0.2) is 9.84 Å². The first-order valence-corrected chi connectivity index (χ1v) is 9.53. The van der Waals surface area contributed by atoms with Crippen LogP contribution in [0.25, 0.3) is 0 Å². The average molecular weight is 345 g/mol. The first-order valence-electron chi connectivity index (χ1n) is 7.33. The minimum atomic E-state index is -3.00. The number of benzene rings is 1. The summed E-state index contributed by atoms with van der Waals surface area (Å²) in [5, 5.41) is 3.73. The maximum Gasteiger partial charge on any atom is 0.242 e. The van der Waals surface area contributed by atoms with E-state index in [1.54, 1.807) is 11.0 Å². The van der Waals surface area contributed by atoms with Gasteiger partial charge >= 0.3 is 0 Å². The van der Waals surface area contributed by atoms with Crippen LogP contribution in [0.3, 0.4) is 0 Å². The van der Waals surface area contributed by atoms with E-state index < -0.39 is 9.84 Å². The Hall–Kier alpha value is -1.27. The van der Waals surface area contributed by atoms with E-state index in [1.165, 1.54) is 0 Å². The standard InChI is InChI=1S/C15H21ClN2O3S/c1-3-18(12-7-8-22(20,21)10-12)15(19)9-17-14-6-4-5-13(16)11(14)2/h4-6,12,17H,3,7-10H2,1-2H3. The summed E-state index contributed by atoms with van der Waals surface area (Å²) in [6, 6.07) is 5.28. The third-order valence-electron chi connectivity index (χ3n) is 4.01. The Morgan fingerprint density at radius 3 is 2.77 bits per heavy atom. The molecule has 0 bridgehead atoms. The van der Waals surface area contributed by atoms with Gasteiger partial charge in [-0.1, -0.05) is 17.7 Å². The second-order valence-electron chi connectivity index (χ2n) is 5.50. The summed E-state index contributed by atoms with van der Waals surface area (Å²) in [6.45, 7) is 4.39. The second kappa shape index (κ2) is 6.87. The molecular weight excluding hydrogens is 324 g/mol. The number of halogens is 1. The van der Waals surface area contributed by atoms with Crippen LogP contribution >= 0.6 is 11.6 Å². The van der Waals surface area contributed by atoms with Crippen LogP contribution in [-0.4, -0.2) is 49.9 Å². The van der Waals surface area contributed by atoms with Crippen LogP contribution in [0.15, 0.2) is 18.2 Å². The van der Waals surface area contributed by atoms with E-state index >= 15 is 0 Å². The van der Waals surface area contributed by atoms with Crippen molar-refractivity contribution in [1.29, 1.82) is 0 Å². The smallest absolute Gasteiger partial charge is 0.242 e. The summed E-state index contributed by atoms with van der Waals surface area (Å²) in [6.07, 6.45) is 0.526. The van der Waals surface area contributed by atoms with Gasteiger partial charge in [-0.05, 0) is 38.0 Å². The van der Waals surface area contributed by atoms with Crippen molar-refractivity contribution >= 4 is 33.0 Å². The van der Waals surface area contributed by atoms with Crippen LogP contribution in [0, 0.1) is 6.92 Å². The topological polar surface area (TPSA) is 66.5 Å². The van der Waals surface area contributed by atoms with Gasteiger partial charge in [-0.3, -0.25) is 4.79 Å². The molecule has 22 heavy (non-hydrogen) atoms. The van der Waals surface area contributed by atoms with Gasteiger partial charge in [-0.15, -0.1) is 0 Å². The van der Waals surface area contributed by atoms with Gasteiger partial charge < -0.3 is 10.2 Å². The lowest BCUT2D eigenvalue weighted by atomic mass is 10.2. The highest BCUT2D eigenvalue weighted by Crippen LogP contribution is 2.23. The van der Waals surface area contributed by atoms with Crippen LogP contribution in [-0.2, 0) is 14.6 Å². The zero-order chi connectivity index (χ0) is 16.3. The van der Waals surface area contributed by atoms with Crippen molar-refractivity contribution in [3.63, 3.8) is 0 Å². The normalized spacial score (nSPS) is 19.9. The van der Waals surface area contributed by atoms with Crippen LogP contribution in [0.1, 0.15) is 18.9 Å². The van der Waals surface area contributed by atoms with E-state index in [-0.39, 0.29) is 30.0 Å². The van der Waals surface area contributed by atoms with Gasteiger partial charge in [0, 0.05) is 23.3 Å². The van der Waals surface area contributed by atoms with Crippen molar-refractivity contribution in [1.82, 2.24) is 4.90 Å². The minimum absolute atomic E-state index is 0.0722. The zero-order valence-electron chi connectivity index (χ0n) is 12.8. The van der Waals surface area contributed by atoms with E-state index in [1.807, 2.05) is 26.0 Å². The molecule has 5 nitrogen and oxygen atoms in total. The maximum atomic E-state index is 12.4. The molecule has 1 N–H and O–H groups in total. The van der Waals surface area contributed by atoms with Gasteiger partial charge in [0.1, 0.15) is 0 Å². The van der Waals surface area contributed by atoms with E-state index in [9.17, 15) is 13.2 Å². The summed E-state index contributed by atoms with van der Waals surface area (Å²) in [5.41, 5.74) is 1.71. The van der Waals surface area contributed by atoms with Crippen molar-refractivity contribution in [2.45, 2.75) is 26.3 Å². The maximum absolute atomic E-state index is 12.4. The van der Waals surface area contributed by atoms with Gasteiger partial charge in [0.2, 0.25) is 5.91 Å². The van der Waals surface area contributed by atoms with Crippen LogP contribution < -0.4 is 5.32 Å². The van der Waals surface area contributed by atoms with Crippen molar-refractivity contribution in [2.75, 3.05) is 29.9 Å². The number of carbonyl (C=O) groups is 1. The predicted octanol–water partition coefficient (Wildman–Crippen LogP) is 2.10. The largest absolute Gasteiger partial charge is 0.376 e. The number of nitrogens with zero attached hydrogens (tertiary/aromatic N) is 1. The van der Waals surface area contributed by atoms with Crippen molar-refractivity contribution in [3.05, 3.63) is 28.8 Å². The fraction of sp³-hybridized carbons (Fsp3) is 0.533. The number of amides is 1. The molecule has 0 aromatic heterocycles. The summed E-state index contributed by atoms with van der Waals surface area (Å²) in [7, 11) is -3.00. The summed E-state index contributed by atoms with van der Waals surface area (Å²) < 4.78 is 23.2. The Morgan fingerprint density at radius 1 is 1.45 bits per heavy atom. The molecule has 1 fully saturated rings. The molecule has 0 saturated carbocycles. The van der Waals surface area contributed by atoms with E-state index in [2.05, 4.69) is 5.32 Å². The monoisotopic (exact) mass is 344 g/mol. The number of hydrogen-bond acceptors (Lipinski definition) is 4. The number of rotatable bonds is 5. The number of likely N-dealkylation sites (N-methyl/N-ethyl adjacent to an activating group) is 1. The molecule has 1 aromatic carbocycles. The summed E-state index contributed by atoms with van der Waals surface area (Å²) in [4.78, 5) is 14.0. The number of hydrogen-bond donors (Lipinski definition) is 1. The first-order chi connectivity index (χ1) is 10.3. The van der Waals surface area contributed by atoms with E-state index in [4.69, 9.17) is 11.6 Å². The van der Waals surface area contributed by atoms with Crippen molar-refractivity contribution in [2.24, 2.45) is 0 Å². The number of nitrogens with one attached hydrogen (secondary N) is 1. The van der Waals surface area contributed by atoms with Crippen LogP contribution in [0.4, 0.5) is 5.69 Å². The molecule has 7 heteroatoms. The molecule has 1 heterocycles. The fourth-order valence-corrected chi connectivity index (χ4v) is 4.64. The summed E-state index contributed by atoms with van der Waals surface area (Å²) >= 11 is 6.05. The molecule has 1 amide bonds. The molecule has 122 valence electrons. The lowest BCUT2D eigenvalue weighted by Crippen LogP contribution is -2.43. The number of anilines is 1. The molecule has 1 atom stereocenters. The van der Waals surface area contributed by atoms with Gasteiger partial charge in [-0.2, -0.15) is 0 Å². The van der Waals surface area contributed by atoms with Crippen molar-refractivity contribution in [3.8, 4) is 0 Å². The molecule has 1 aromatic rings. The SMILES string of the molecule is CCN(C(=O)CNc1cccc(Cl)c1C)C1CCS(=O)(=O)C1. The average Bonchev–Trinajstić information content (AvgIpc) is 2.81. The zero-order valence-corrected chi connectivity index (χ0v) is 14.4. The molecule has 1 aliphatic heterocycles. The Labute approximate surface area is 136 Å². The van der Waals surface area contributed by atoms with E-state index in [0.29, 0.717) is 18.0 Å². The van der Waals surface area contributed by atoms with Crippen molar-refractivity contribution < 1.29 is 13.2 Å². The van der Waals surface area contributed by atoms with Crippen LogP contribution in [0.5, 0.6) is 0 Å². The molecule has 1 aliphatic rings. The third-order valence-corrected chi connectivity index (χ3v) is 6.17. The third kappa shape index (κ3) is 3.93. The van der Waals surface area contributed by atoms with Gasteiger partial charge in [-0.25, -0.2) is 8.42 Å². The second-order valence-corrected chi connectivity index (χ2v) is 8.14. The molecule has 0 radical (unpaired) electrons. The molecular formula is C15H21ClN2O3S. The Morgan fingerprint density at radius 2 is 2.18 bits per heavy atom. The molecule has 1 saturated heterocycles. The summed E-state index contributed by atoms with van der Waals surface area (Å²) in [5.74, 6) is 0.148. The highest BCUT2D eigenvalue weighted by molar-refractivity contribution is 7.91. The highest BCUT2D eigenvalue weighted by atomic mass is 35.5. The Balaban J connectivity index is 2.00. The quantitative estimate of drug-likeness (QED) is 0.888. The van der Waals surface area contributed by atoms with E-state index in [0.717, 1.165) is 11.3 Å².